The van der Waals surface area contributed by atoms with Crippen molar-refractivity contribution in [2.75, 3.05) is 0 Å². The fourth-order valence-electron chi connectivity index (χ4n) is 3.02. The topological polar surface area (TPSA) is 91.1 Å². The van der Waals surface area contributed by atoms with Gasteiger partial charge in [0.1, 0.15) is 21.5 Å². The second-order valence-corrected chi connectivity index (χ2v) is 6.65. The van der Waals surface area contributed by atoms with Crippen LogP contribution in [0.25, 0.3) is 21.8 Å². The lowest BCUT2D eigenvalue weighted by Crippen LogP contribution is -2.27. The van der Waals surface area contributed by atoms with E-state index < -0.39 is 11.6 Å². The maximum atomic E-state index is 11.0. The zero-order valence-corrected chi connectivity index (χ0v) is 16.0. The number of ketones is 2. The first kappa shape index (κ1) is 19.0. The van der Waals surface area contributed by atoms with E-state index in [1.54, 1.807) is 0 Å². The summed E-state index contributed by atoms with van der Waals surface area (Å²) in [4.78, 5) is 22.0. The first-order valence-corrected chi connectivity index (χ1v) is 8.99. The Morgan fingerprint density at radius 3 is 1.52 bits per heavy atom. The summed E-state index contributed by atoms with van der Waals surface area (Å²) in [5, 5.41) is 1.97. The van der Waals surface area contributed by atoms with E-state index in [0.717, 1.165) is 6.54 Å². The summed E-state index contributed by atoms with van der Waals surface area (Å²) in [5.74, 6) is -1.42. The van der Waals surface area contributed by atoms with E-state index in [-0.39, 0.29) is 21.5 Å². The molecule has 0 aliphatic heterocycles. The van der Waals surface area contributed by atoms with E-state index in [1.165, 1.54) is 21.8 Å². The maximum Gasteiger partial charge on any atom is 0.223 e. The van der Waals surface area contributed by atoms with E-state index in [4.69, 9.17) is 34.7 Å². The number of nitrogens with two attached hydrogens (primary N) is 2. The van der Waals surface area contributed by atoms with Crippen LogP contribution < -0.4 is 11.5 Å². The average Bonchev–Trinajstić information content (AvgIpc) is 3.03. The summed E-state index contributed by atoms with van der Waals surface area (Å²) in [7, 11) is 0. The number of carbonyl (C=O) groups excluding carboxylic acids is 2. The Hall–Kier alpha value is -2.76. The largest absolute Gasteiger partial charge is 0.394 e. The number of halogens is 2. The zero-order valence-electron chi connectivity index (χ0n) is 14.5. The highest BCUT2D eigenvalue weighted by atomic mass is 35.5. The second kappa shape index (κ2) is 7.47. The lowest BCUT2D eigenvalue weighted by atomic mass is 10.1. The molecule has 0 amide bonds. The SMILES string of the molecule is CCn1c2ccccc2c2ccccc21.NC1=C(Cl)C(=O)C(N)=C(Cl)C1=O. The molecular formula is C20H17Cl2N3O2. The van der Waals surface area contributed by atoms with E-state index in [1.807, 2.05) is 0 Å². The third kappa shape index (κ3) is 3.20. The van der Waals surface area contributed by atoms with Crippen LogP contribution in [0.15, 0.2) is 70.0 Å². The van der Waals surface area contributed by atoms with E-state index in [2.05, 4.69) is 60.0 Å². The molecule has 1 aliphatic carbocycles. The third-order valence-electron chi connectivity index (χ3n) is 4.36. The van der Waals surface area contributed by atoms with Gasteiger partial charge < -0.3 is 16.0 Å². The molecule has 1 aromatic heterocycles. The number of fused-ring (bicyclic) bond motifs is 3. The smallest absolute Gasteiger partial charge is 0.223 e. The first-order chi connectivity index (χ1) is 12.9. The Kier molecular flexibility index (Phi) is 5.26. The first-order valence-electron chi connectivity index (χ1n) is 8.24. The fourth-order valence-corrected chi connectivity index (χ4v) is 3.40. The lowest BCUT2D eigenvalue weighted by molar-refractivity contribution is -0.115. The van der Waals surface area contributed by atoms with Gasteiger partial charge in [0.05, 0.1) is 0 Å². The highest BCUT2D eigenvalue weighted by Gasteiger charge is 2.29. The van der Waals surface area contributed by atoms with Crippen molar-refractivity contribution in [1.29, 1.82) is 0 Å². The van der Waals surface area contributed by atoms with E-state index in [0.29, 0.717) is 0 Å². The van der Waals surface area contributed by atoms with Crippen LogP contribution in [0.1, 0.15) is 6.92 Å². The Morgan fingerprint density at radius 2 is 1.15 bits per heavy atom. The molecule has 5 nitrogen and oxygen atoms in total. The number of aryl methyl sites for hydroxylation is 1. The monoisotopic (exact) mass is 401 g/mol. The molecule has 138 valence electrons. The van der Waals surface area contributed by atoms with Gasteiger partial charge in [0.2, 0.25) is 11.6 Å². The normalized spacial score (nSPS) is 14.8. The molecule has 0 radical (unpaired) electrons. The van der Waals surface area contributed by atoms with Crippen molar-refractivity contribution >= 4 is 56.6 Å². The molecule has 4 rings (SSSR count). The number of nitrogens with zero attached hydrogens (tertiary/aromatic N) is 1. The van der Waals surface area contributed by atoms with Gasteiger partial charge in [-0.1, -0.05) is 59.6 Å². The van der Waals surface area contributed by atoms with Gasteiger partial charge in [0, 0.05) is 28.4 Å². The average molecular weight is 402 g/mol. The summed E-state index contributed by atoms with van der Waals surface area (Å²) < 4.78 is 2.37. The van der Waals surface area contributed by atoms with Crippen LogP contribution in [0.5, 0.6) is 0 Å². The van der Waals surface area contributed by atoms with Crippen molar-refractivity contribution in [3.63, 3.8) is 0 Å². The zero-order chi connectivity index (χ0) is 19.7. The van der Waals surface area contributed by atoms with Gasteiger partial charge in [-0.25, -0.2) is 0 Å². The molecule has 1 aliphatic rings. The summed E-state index contributed by atoms with van der Waals surface area (Å²) >= 11 is 10.8. The van der Waals surface area contributed by atoms with Gasteiger partial charge in [0.25, 0.3) is 0 Å². The quantitative estimate of drug-likeness (QED) is 0.607. The molecule has 2 aromatic carbocycles. The van der Waals surface area contributed by atoms with Crippen molar-refractivity contribution < 1.29 is 9.59 Å². The molecule has 0 saturated heterocycles. The molecule has 0 atom stereocenters. The van der Waals surface area contributed by atoms with Crippen LogP contribution >= 0.6 is 23.2 Å². The van der Waals surface area contributed by atoms with E-state index in [9.17, 15) is 9.59 Å². The highest BCUT2D eigenvalue weighted by molar-refractivity contribution is 6.55. The molecule has 0 bridgehead atoms. The van der Waals surface area contributed by atoms with Crippen LogP contribution in [-0.4, -0.2) is 16.1 Å². The van der Waals surface area contributed by atoms with Crippen LogP contribution in [0.4, 0.5) is 0 Å². The Balaban J connectivity index is 0.000000161. The molecule has 0 fully saturated rings. The van der Waals surface area contributed by atoms with Crippen molar-refractivity contribution in [2.45, 2.75) is 13.5 Å². The molecule has 3 aromatic rings. The fraction of sp³-hybridized carbons (Fsp3) is 0.100. The van der Waals surface area contributed by atoms with Gasteiger partial charge in [-0.05, 0) is 19.1 Å². The van der Waals surface area contributed by atoms with Gasteiger partial charge in [-0.15, -0.1) is 0 Å². The Bertz CT molecular complexity index is 1030. The molecule has 1 heterocycles. The molecule has 0 spiro atoms. The van der Waals surface area contributed by atoms with Gasteiger partial charge in [-0.3, -0.25) is 9.59 Å². The standard InChI is InChI=1S/C14H13N.C6H4Cl2N2O2/c1-2-15-13-9-5-3-7-11(13)12-8-4-6-10-14(12)15;7-1-3(9)6(12)2(8)4(10)5(1)11/h3-10H,2H2,1H3;9-10H2. The highest BCUT2D eigenvalue weighted by Crippen LogP contribution is 2.28. The summed E-state index contributed by atoms with van der Waals surface area (Å²) in [5.41, 5.74) is 12.3. The summed E-state index contributed by atoms with van der Waals surface area (Å²) in [6.45, 7) is 3.22. The lowest BCUT2D eigenvalue weighted by Gasteiger charge is -2.11. The number of hydrogen-bond donors (Lipinski definition) is 2. The predicted molar refractivity (Wildman–Crippen MR) is 109 cm³/mol. The van der Waals surface area contributed by atoms with Crippen molar-refractivity contribution in [3.05, 3.63) is 70.0 Å². The summed E-state index contributed by atoms with van der Waals surface area (Å²) in [6, 6.07) is 17.2. The molecule has 27 heavy (non-hydrogen) atoms. The van der Waals surface area contributed by atoms with Crippen LogP contribution in [-0.2, 0) is 16.1 Å². The van der Waals surface area contributed by atoms with Gasteiger partial charge in [-0.2, -0.15) is 0 Å². The number of hydrogen-bond acceptors (Lipinski definition) is 4. The van der Waals surface area contributed by atoms with Crippen LogP contribution in [0, 0.1) is 0 Å². The van der Waals surface area contributed by atoms with Crippen LogP contribution in [0.3, 0.4) is 0 Å². The van der Waals surface area contributed by atoms with Crippen LogP contribution in [0.2, 0.25) is 0 Å². The van der Waals surface area contributed by atoms with Crippen molar-refractivity contribution in [1.82, 2.24) is 4.57 Å². The summed E-state index contributed by atoms with van der Waals surface area (Å²) in [6.07, 6.45) is 0. The Morgan fingerprint density at radius 1 is 0.778 bits per heavy atom. The second-order valence-electron chi connectivity index (χ2n) is 5.89. The predicted octanol–water partition coefficient (Wildman–Crippen LogP) is 3.77. The number of carbonyl (C=O) groups is 2. The number of allylic oxidation sites excluding steroid dienone is 2. The number of benzene rings is 2. The maximum absolute atomic E-state index is 11.0. The number of para-hydroxylation sites is 2. The number of Topliss-reactive ketones (excluding diaryl/α,β-unsaturated/α-hetero) is 2. The molecule has 0 unspecified atom stereocenters. The van der Waals surface area contributed by atoms with Crippen molar-refractivity contribution in [2.24, 2.45) is 11.5 Å². The van der Waals surface area contributed by atoms with Gasteiger partial charge in [0.15, 0.2) is 0 Å². The number of aromatic nitrogens is 1. The molecule has 0 saturated carbocycles. The Labute approximate surface area is 165 Å². The van der Waals surface area contributed by atoms with E-state index >= 15 is 0 Å². The molecule has 4 N–H and O–H groups in total. The minimum Gasteiger partial charge on any atom is -0.394 e. The minimum absolute atomic E-state index is 0.360. The molecule has 7 heteroatoms. The van der Waals surface area contributed by atoms with Gasteiger partial charge >= 0.3 is 0 Å². The minimum atomic E-state index is -0.709. The molecular weight excluding hydrogens is 385 g/mol. The number of rotatable bonds is 1. The van der Waals surface area contributed by atoms with Crippen molar-refractivity contribution in [3.8, 4) is 0 Å². The third-order valence-corrected chi connectivity index (χ3v) is 5.11.